The van der Waals surface area contributed by atoms with E-state index in [2.05, 4.69) is 10.6 Å². The van der Waals surface area contributed by atoms with Gasteiger partial charge < -0.3 is 16.4 Å². The number of amides is 3. The summed E-state index contributed by atoms with van der Waals surface area (Å²) in [6.45, 7) is 1.30. The van der Waals surface area contributed by atoms with Gasteiger partial charge in [0.25, 0.3) is 0 Å². The van der Waals surface area contributed by atoms with Crippen LogP contribution >= 0.6 is 0 Å². The van der Waals surface area contributed by atoms with Crippen LogP contribution in [0.4, 0.5) is 4.39 Å². The molecule has 4 N–H and O–H groups in total. The van der Waals surface area contributed by atoms with Crippen molar-refractivity contribution < 1.29 is 18.8 Å². The molecule has 0 saturated carbocycles. The number of fused-ring (bicyclic) bond motifs is 1. The molecule has 0 saturated heterocycles. The molecule has 0 aromatic heterocycles. The molecule has 0 heterocycles. The van der Waals surface area contributed by atoms with E-state index in [1.807, 2.05) is 42.5 Å². The fraction of sp³-hybridized carbons (Fsp3) is 0.208. The van der Waals surface area contributed by atoms with Gasteiger partial charge in [-0.25, -0.2) is 4.39 Å². The molecule has 0 radical (unpaired) electrons. The van der Waals surface area contributed by atoms with Gasteiger partial charge in [0.2, 0.25) is 17.7 Å². The molecule has 0 aliphatic heterocycles. The average Bonchev–Trinajstić information content (AvgIpc) is 2.73. The third-order valence-electron chi connectivity index (χ3n) is 4.96. The molecule has 0 spiro atoms. The summed E-state index contributed by atoms with van der Waals surface area (Å²) >= 11 is 0. The predicted octanol–water partition coefficient (Wildman–Crippen LogP) is 2.24. The first-order valence-corrected chi connectivity index (χ1v) is 9.91. The van der Waals surface area contributed by atoms with Gasteiger partial charge in [-0.05, 0) is 34.0 Å². The number of hydrogen-bond donors (Lipinski definition) is 3. The minimum Gasteiger partial charge on any atom is -0.368 e. The Bertz CT molecular complexity index is 1100. The Labute approximate surface area is 179 Å². The smallest absolute Gasteiger partial charge is 0.243 e. The molecule has 7 heteroatoms. The Balaban J connectivity index is 1.74. The molecule has 160 valence electrons. The van der Waals surface area contributed by atoms with Crippen LogP contribution in [0.2, 0.25) is 0 Å². The van der Waals surface area contributed by atoms with Gasteiger partial charge in [-0.2, -0.15) is 0 Å². The highest BCUT2D eigenvalue weighted by molar-refractivity contribution is 5.91. The molecule has 3 rings (SSSR count). The van der Waals surface area contributed by atoms with Crippen molar-refractivity contribution in [3.63, 3.8) is 0 Å². The number of benzene rings is 3. The zero-order valence-electron chi connectivity index (χ0n) is 17.1. The Morgan fingerprint density at radius 2 is 1.45 bits per heavy atom. The van der Waals surface area contributed by atoms with Crippen LogP contribution in [0.5, 0.6) is 0 Å². The zero-order chi connectivity index (χ0) is 22.4. The lowest BCUT2D eigenvalue weighted by Gasteiger charge is -2.22. The van der Waals surface area contributed by atoms with E-state index in [9.17, 15) is 18.8 Å². The lowest BCUT2D eigenvalue weighted by molar-refractivity contribution is -0.130. The summed E-state index contributed by atoms with van der Waals surface area (Å²) in [5.74, 6) is -2.00. The van der Waals surface area contributed by atoms with Crippen LogP contribution in [0.15, 0.2) is 66.7 Å². The Morgan fingerprint density at radius 1 is 0.839 bits per heavy atom. The maximum Gasteiger partial charge on any atom is 0.243 e. The minimum atomic E-state index is -0.946. The van der Waals surface area contributed by atoms with Gasteiger partial charge in [0, 0.05) is 19.8 Å². The van der Waals surface area contributed by atoms with E-state index in [1.54, 1.807) is 0 Å². The summed E-state index contributed by atoms with van der Waals surface area (Å²) in [4.78, 5) is 36.5. The molecule has 0 unspecified atom stereocenters. The van der Waals surface area contributed by atoms with Crippen LogP contribution in [0, 0.1) is 5.82 Å². The SMILES string of the molecule is CC(=O)N[C@H](Cc1ccc(F)cc1)C(=O)N[C@H](Cc1ccc2ccccc2c1)C(N)=O. The number of hydrogen-bond acceptors (Lipinski definition) is 3. The van der Waals surface area contributed by atoms with Crippen molar-refractivity contribution in [2.75, 3.05) is 0 Å². The van der Waals surface area contributed by atoms with Gasteiger partial charge in [-0.3, -0.25) is 14.4 Å². The molecule has 3 aromatic carbocycles. The van der Waals surface area contributed by atoms with Gasteiger partial charge in [0.15, 0.2) is 0 Å². The van der Waals surface area contributed by atoms with Crippen molar-refractivity contribution in [2.24, 2.45) is 5.73 Å². The minimum absolute atomic E-state index is 0.146. The number of halogens is 1. The molecular formula is C24H24FN3O3. The van der Waals surface area contributed by atoms with Gasteiger partial charge in [0.1, 0.15) is 17.9 Å². The van der Waals surface area contributed by atoms with E-state index in [-0.39, 0.29) is 12.8 Å². The number of nitrogens with two attached hydrogens (primary N) is 1. The second-order valence-corrected chi connectivity index (χ2v) is 7.43. The van der Waals surface area contributed by atoms with Crippen LogP contribution in [0.3, 0.4) is 0 Å². The van der Waals surface area contributed by atoms with Gasteiger partial charge in [0.05, 0.1) is 0 Å². The quantitative estimate of drug-likeness (QED) is 0.520. The number of carbonyl (C=O) groups excluding carboxylic acids is 3. The molecule has 0 aliphatic rings. The highest BCUT2D eigenvalue weighted by atomic mass is 19.1. The molecular weight excluding hydrogens is 397 g/mol. The molecule has 31 heavy (non-hydrogen) atoms. The van der Waals surface area contributed by atoms with Gasteiger partial charge >= 0.3 is 0 Å². The zero-order valence-corrected chi connectivity index (χ0v) is 17.1. The van der Waals surface area contributed by atoms with E-state index in [4.69, 9.17) is 5.73 Å². The lowest BCUT2D eigenvalue weighted by Crippen LogP contribution is -2.54. The fourth-order valence-corrected chi connectivity index (χ4v) is 3.41. The van der Waals surface area contributed by atoms with Gasteiger partial charge in [-0.1, -0.05) is 54.6 Å². The first kappa shape index (κ1) is 22.0. The highest BCUT2D eigenvalue weighted by Crippen LogP contribution is 2.17. The van der Waals surface area contributed by atoms with Crippen molar-refractivity contribution in [1.29, 1.82) is 0 Å². The maximum absolute atomic E-state index is 13.2. The first-order chi connectivity index (χ1) is 14.8. The first-order valence-electron chi connectivity index (χ1n) is 9.91. The summed E-state index contributed by atoms with van der Waals surface area (Å²) in [7, 11) is 0. The second-order valence-electron chi connectivity index (χ2n) is 7.43. The van der Waals surface area contributed by atoms with Crippen molar-refractivity contribution in [1.82, 2.24) is 10.6 Å². The van der Waals surface area contributed by atoms with Crippen molar-refractivity contribution in [3.05, 3.63) is 83.7 Å². The number of primary amides is 1. The van der Waals surface area contributed by atoms with Crippen LogP contribution < -0.4 is 16.4 Å². The van der Waals surface area contributed by atoms with E-state index >= 15 is 0 Å². The molecule has 6 nitrogen and oxygen atoms in total. The summed E-state index contributed by atoms with van der Waals surface area (Å²) in [6, 6.07) is 17.4. The Morgan fingerprint density at radius 3 is 2.10 bits per heavy atom. The number of carbonyl (C=O) groups is 3. The topological polar surface area (TPSA) is 101 Å². The standard InChI is InChI=1S/C24H24FN3O3/c1-15(29)27-22(13-16-7-10-20(25)11-8-16)24(31)28-21(23(26)30)14-17-6-9-18-4-2-3-5-19(18)12-17/h2-12,21-22H,13-14H2,1H3,(H2,26,30)(H,27,29)(H,28,31)/t21-,22-/m1/s1. The van der Waals surface area contributed by atoms with Crippen LogP contribution in [0.1, 0.15) is 18.1 Å². The molecule has 2 atom stereocenters. The third-order valence-corrected chi connectivity index (χ3v) is 4.96. The lowest BCUT2D eigenvalue weighted by atomic mass is 10.00. The van der Waals surface area contributed by atoms with Crippen molar-refractivity contribution in [3.8, 4) is 0 Å². The summed E-state index contributed by atoms with van der Waals surface area (Å²) in [5.41, 5.74) is 7.05. The number of nitrogens with one attached hydrogen (secondary N) is 2. The van der Waals surface area contributed by atoms with E-state index in [0.29, 0.717) is 5.56 Å². The second kappa shape index (κ2) is 9.84. The van der Waals surface area contributed by atoms with E-state index in [1.165, 1.54) is 31.2 Å². The van der Waals surface area contributed by atoms with Crippen molar-refractivity contribution >= 4 is 28.5 Å². The van der Waals surface area contributed by atoms with Gasteiger partial charge in [-0.15, -0.1) is 0 Å². The Kier molecular flexibility index (Phi) is 6.97. The molecule has 3 aromatic rings. The van der Waals surface area contributed by atoms with Crippen LogP contribution in [-0.4, -0.2) is 29.8 Å². The molecule has 3 amide bonds. The average molecular weight is 421 g/mol. The van der Waals surface area contributed by atoms with Crippen molar-refractivity contribution in [2.45, 2.75) is 31.8 Å². The largest absolute Gasteiger partial charge is 0.368 e. The normalized spacial score (nSPS) is 12.7. The summed E-state index contributed by atoms with van der Waals surface area (Å²) in [6.07, 6.45) is 0.363. The number of rotatable bonds is 8. The summed E-state index contributed by atoms with van der Waals surface area (Å²) < 4.78 is 13.2. The Hall–Kier alpha value is -3.74. The third kappa shape index (κ3) is 6.12. The van der Waals surface area contributed by atoms with Crippen LogP contribution in [0.25, 0.3) is 10.8 Å². The molecule has 0 bridgehead atoms. The molecule has 0 aliphatic carbocycles. The highest BCUT2D eigenvalue weighted by Gasteiger charge is 2.25. The fourth-order valence-electron chi connectivity index (χ4n) is 3.41. The monoisotopic (exact) mass is 421 g/mol. The van der Waals surface area contributed by atoms with Crippen LogP contribution in [-0.2, 0) is 27.2 Å². The van der Waals surface area contributed by atoms with E-state index in [0.717, 1.165) is 16.3 Å². The van der Waals surface area contributed by atoms with E-state index < -0.39 is 35.6 Å². The predicted molar refractivity (Wildman–Crippen MR) is 116 cm³/mol. The summed E-state index contributed by atoms with van der Waals surface area (Å²) in [5, 5.41) is 7.31. The molecule has 0 fully saturated rings. The maximum atomic E-state index is 13.2.